The van der Waals surface area contributed by atoms with E-state index in [9.17, 15) is 0 Å². The average Bonchev–Trinajstić information content (AvgIpc) is 2.54. The van der Waals surface area contributed by atoms with Crippen LogP contribution in [0, 0.1) is 11.3 Å². The Morgan fingerprint density at radius 3 is 2.91 bits per heavy atom. The minimum atomic E-state index is 0.208. The Morgan fingerprint density at radius 2 is 2.17 bits per heavy atom. The van der Waals surface area contributed by atoms with E-state index in [1.807, 2.05) is 37.2 Å². The molecule has 6 nitrogen and oxygen atoms in total. The molecule has 2 aromatic heterocycles. The summed E-state index contributed by atoms with van der Waals surface area (Å²) < 4.78 is 5.61. The van der Waals surface area contributed by atoms with Gasteiger partial charge in [0, 0.05) is 25.4 Å². The van der Waals surface area contributed by atoms with Gasteiger partial charge in [-0.15, -0.1) is 0 Å². The first-order chi connectivity index (χ1) is 11.1. The molecule has 2 rings (SSSR count). The van der Waals surface area contributed by atoms with E-state index in [1.165, 1.54) is 0 Å². The third-order valence-electron chi connectivity index (χ3n) is 3.01. The molecule has 0 radical (unpaired) electrons. The largest absolute Gasteiger partial charge is 0.476 e. The summed E-state index contributed by atoms with van der Waals surface area (Å²) in [5.74, 6) is 1.19. The maximum atomic E-state index is 8.93. The lowest BCUT2D eigenvalue weighted by atomic mass is 10.2. The molecule has 0 fully saturated rings. The topological polar surface area (TPSA) is 74.1 Å². The molecule has 120 valence electrons. The fourth-order valence-electron chi connectivity index (χ4n) is 1.78. The van der Waals surface area contributed by atoms with Gasteiger partial charge < -0.3 is 15.0 Å². The van der Waals surface area contributed by atoms with Crippen molar-refractivity contribution in [3.63, 3.8) is 0 Å². The second kappa shape index (κ2) is 8.32. The van der Waals surface area contributed by atoms with E-state index in [-0.39, 0.29) is 5.69 Å². The maximum absolute atomic E-state index is 8.93. The number of hydrogen-bond donors (Lipinski definition) is 1. The number of hydrogen-bond acceptors (Lipinski definition) is 6. The molecule has 0 saturated heterocycles. The molecule has 0 aliphatic rings. The van der Waals surface area contributed by atoms with Crippen molar-refractivity contribution >= 4 is 17.4 Å². The Morgan fingerprint density at radius 1 is 1.35 bits per heavy atom. The van der Waals surface area contributed by atoms with Crippen LogP contribution in [0.25, 0.3) is 0 Å². The number of nitriles is 1. The van der Waals surface area contributed by atoms with Gasteiger partial charge in [-0.25, -0.2) is 9.97 Å². The average molecular weight is 332 g/mol. The molecule has 7 heteroatoms. The van der Waals surface area contributed by atoms with Gasteiger partial charge in [-0.1, -0.05) is 11.6 Å². The molecule has 0 aliphatic carbocycles. The first-order valence-electron chi connectivity index (χ1n) is 7.11. The third kappa shape index (κ3) is 5.40. The summed E-state index contributed by atoms with van der Waals surface area (Å²) in [7, 11) is 3.98. The molecule has 23 heavy (non-hydrogen) atoms. The molecule has 0 aromatic carbocycles. The number of nitrogens with one attached hydrogen (secondary N) is 1. The Bertz CT molecular complexity index is 699. The lowest BCUT2D eigenvalue weighted by molar-refractivity contribution is 0.253. The van der Waals surface area contributed by atoms with Gasteiger partial charge >= 0.3 is 0 Å². The maximum Gasteiger partial charge on any atom is 0.213 e. The van der Waals surface area contributed by atoms with E-state index in [0.29, 0.717) is 29.9 Å². The summed E-state index contributed by atoms with van der Waals surface area (Å²) >= 11 is 5.86. The van der Waals surface area contributed by atoms with E-state index in [0.717, 1.165) is 12.1 Å². The van der Waals surface area contributed by atoms with E-state index in [1.54, 1.807) is 18.3 Å². The first kappa shape index (κ1) is 17.0. The summed E-state index contributed by atoms with van der Waals surface area (Å²) in [6.07, 6.45) is 1.71. The van der Waals surface area contributed by atoms with Crippen LogP contribution in [0.4, 0.5) is 5.82 Å². The fourth-order valence-corrected chi connectivity index (χ4v) is 1.93. The van der Waals surface area contributed by atoms with E-state index in [4.69, 9.17) is 21.6 Å². The van der Waals surface area contributed by atoms with Crippen LogP contribution < -0.4 is 10.1 Å². The Kier molecular flexibility index (Phi) is 6.15. The molecule has 0 atom stereocenters. The van der Waals surface area contributed by atoms with Gasteiger partial charge in [0.1, 0.15) is 18.5 Å². The van der Waals surface area contributed by atoms with Crippen molar-refractivity contribution in [1.82, 2.24) is 14.9 Å². The van der Waals surface area contributed by atoms with E-state index >= 15 is 0 Å². The number of aromatic nitrogens is 2. The van der Waals surface area contributed by atoms with Crippen molar-refractivity contribution < 1.29 is 4.74 Å². The molecule has 0 saturated carbocycles. The zero-order valence-electron chi connectivity index (χ0n) is 13.1. The number of nitrogens with zero attached hydrogens (tertiary/aromatic N) is 4. The van der Waals surface area contributed by atoms with Gasteiger partial charge in [-0.3, -0.25) is 0 Å². The molecular weight excluding hydrogens is 314 g/mol. The zero-order valence-corrected chi connectivity index (χ0v) is 13.8. The molecule has 2 heterocycles. The predicted molar refractivity (Wildman–Crippen MR) is 89.6 cm³/mol. The molecule has 1 N–H and O–H groups in total. The highest BCUT2D eigenvalue weighted by Crippen LogP contribution is 2.17. The fraction of sp³-hybridized carbons (Fsp3) is 0.312. The number of anilines is 1. The van der Waals surface area contributed by atoms with E-state index in [2.05, 4.69) is 15.3 Å². The van der Waals surface area contributed by atoms with Crippen molar-refractivity contribution in [2.24, 2.45) is 0 Å². The predicted octanol–water partition coefficient (Wildman–Crippen LogP) is 2.55. The summed E-state index contributed by atoms with van der Waals surface area (Å²) in [6, 6.07) is 9.12. The molecule has 0 unspecified atom stereocenters. The molecule has 0 bridgehead atoms. The van der Waals surface area contributed by atoms with Crippen LogP contribution in [-0.4, -0.2) is 42.1 Å². The lowest BCUT2D eigenvalue weighted by Crippen LogP contribution is -2.19. The van der Waals surface area contributed by atoms with Crippen molar-refractivity contribution in [3.05, 3.63) is 46.7 Å². The van der Waals surface area contributed by atoms with Gasteiger partial charge in [0.25, 0.3) is 0 Å². The zero-order chi connectivity index (χ0) is 16.7. The van der Waals surface area contributed by atoms with E-state index < -0.39 is 0 Å². The first-order valence-corrected chi connectivity index (χ1v) is 7.49. The standard InChI is InChI=1S/C16H18ClN5O/c1-22(2)7-8-23-16-9-12(5-6-19-16)11-20-15-4-3-13(17)14(10-18)21-15/h3-6,9H,7-8,11H2,1-2H3,(H,20,21). The number of likely N-dealkylation sites (N-methyl/N-ethyl adjacent to an activating group) is 1. The van der Waals surface area contributed by atoms with Gasteiger partial charge in [-0.2, -0.15) is 5.26 Å². The number of pyridine rings is 2. The minimum Gasteiger partial charge on any atom is -0.476 e. The van der Waals surface area contributed by atoms with Crippen LogP contribution in [-0.2, 0) is 6.54 Å². The Hall–Kier alpha value is -2.36. The van der Waals surface area contributed by atoms with Crippen molar-refractivity contribution in [2.75, 3.05) is 32.6 Å². The normalized spacial score (nSPS) is 10.4. The van der Waals surface area contributed by atoms with Crippen LogP contribution in [0.5, 0.6) is 5.88 Å². The Labute approximate surface area is 140 Å². The smallest absolute Gasteiger partial charge is 0.213 e. The monoisotopic (exact) mass is 331 g/mol. The summed E-state index contributed by atoms with van der Waals surface area (Å²) in [5, 5.41) is 12.4. The van der Waals surface area contributed by atoms with Crippen LogP contribution in [0.3, 0.4) is 0 Å². The molecular formula is C16H18ClN5O. The Balaban J connectivity index is 1.94. The lowest BCUT2D eigenvalue weighted by Gasteiger charge is -2.11. The molecule has 0 aliphatic heterocycles. The minimum absolute atomic E-state index is 0.208. The highest BCUT2D eigenvalue weighted by atomic mass is 35.5. The summed E-state index contributed by atoms with van der Waals surface area (Å²) in [4.78, 5) is 10.4. The van der Waals surface area contributed by atoms with Gasteiger partial charge in [-0.05, 0) is 37.9 Å². The molecule has 0 spiro atoms. The molecule has 2 aromatic rings. The van der Waals surface area contributed by atoms with Crippen molar-refractivity contribution in [3.8, 4) is 11.9 Å². The van der Waals surface area contributed by atoms with Gasteiger partial charge in [0.05, 0.1) is 5.02 Å². The quantitative estimate of drug-likeness (QED) is 0.840. The van der Waals surface area contributed by atoms with Crippen molar-refractivity contribution in [1.29, 1.82) is 5.26 Å². The highest BCUT2D eigenvalue weighted by molar-refractivity contribution is 6.31. The van der Waals surface area contributed by atoms with Crippen LogP contribution in [0.15, 0.2) is 30.5 Å². The summed E-state index contributed by atoms with van der Waals surface area (Å²) in [6.45, 7) is 1.96. The number of ether oxygens (including phenoxy) is 1. The third-order valence-corrected chi connectivity index (χ3v) is 3.32. The number of halogens is 1. The highest BCUT2D eigenvalue weighted by Gasteiger charge is 2.04. The second-order valence-corrected chi connectivity index (χ2v) is 5.55. The second-order valence-electron chi connectivity index (χ2n) is 5.15. The van der Waals surface area contributed by atoms with Gasteiger partial charge in [0.2, 0.25) is 5.88 Å². The number of rotatable bonds is 7. The SMILES string of the molecule is CN(C)CCOc1cc(CNc2ccc(Cl)c(C#N)n2)ccn1. The van der Waals surface area contributed by atoms with Crippen LogP contribution in [0.2, 0.25) is 5.02 Å². The van der Waals surface area contributed by atoms with Crippen LogP contribution >= 0.6 is 11.6 Å². The summed E-state index contributed by atoms with van der Waals surface area (Å²) in [5.41, 5.74) is 1.22. The van der Waals surface area contributed by atoms with Gasteiger partial charge in [0.15, 0.2) is 5.69 Å². The van der Waals surface area contributed by atoms with Crippen molar-refractivity contribution in [2.45, 2.75) is 6.54 Å². The molecule has 0 amide bonds. The van der Waals surface area contributed by atoms with Crippen LogP contribution in [0.1, 0.15) is 11.3 Å².